The van der Waals surface area contributed by atoms with Crippen molar-refractivity contribution in [1.29, 1.82) is 0 Å². The summed E-state index contributed by atoms with van der Waals surface area (Å²) in [5.74, 6) is -0.906. The highest BCUT2D eigenvalue weighted by Gasteiger charge is 2.06. The molecule has 0 aliphatic heterocycles. The van der Waals surface area contributed by atoms with E-state index in [1.54, 1.807) is 23.5 Å². The Hall–Kier alpha value is -1.33. The molecule has 0 radical (unpaired) electrons. The molecule has 1 aromatic carbocycles. The topological polar surface area (TPSA) is 49.3 Å². The minimum absolute atomic E-state index is 0.301. The van der Waals surface area contributed by atoms with Gasteiger partial charge in [0.25, 0.3) is 0 Å². The maximum absolute atomic E-state index is 10.9. The molecule has 0 amide bonds. The minimum atomic E-state index is -0.906. The van der Waals surface area contributed by atoms with Crippen LogP contribution in [0.15, 0.2) is 34.1 Å². The molecule has 0 aliphatic carbocycles. The Morgan fingerprint density at radius 2 is 2.17 bits per heavy atom. The third-order valence-corrected chi connectivity index (χ3v) is 4.19. The molecule has 0 fully saturated rings. The number of rotatable bonds is 4. The molecule has 0 saturated heterocycles. The van der Waals surface area contributed by atoms with E-state index in [0.717, 1.165) is 15.0 Å². The SMILES string of the molecule is Cc1ccc(C(=O)O)cc1NCc1ccc(Br)s1. The van der Waals surface area contributed by atoms with Gasteiger partial charge in [0, 0.05) is 17.1 Å². The summed E-state index contributed by atoms with van der Waals surface area (Å²) in [6.07, 6.45) is 0. The zero-order valence-corrected chi connectivity index (χ0v) is 12.1. The first kappa shape index (κ1) is 13.1. The molecule has 5 heteroatoms. The molecule has 0 unspecified atom stereocenters. The average molecular weight is 326 g/mol. The summed E-state index contributed by atoms with van der Waals surface area (Å²) in [6, 6.07) is 9.14. The third-order valence-electron chi connectivity index (χ3n) is 2.57. The Balaban J connectivity index is 2.13. The van der Waals surface area contributed by atoms with E-state index in [-0.39, 0.29) is 0 Å². The van der Waals surface area contributed by atoms with Gasteiger partial charge in [0.15, 0.2) is 0 Å². The van der Waals surface area contributed by atoms with Gasteiger partial charge in [-0.3, -0.25) is 0 Å². The summed E-state index contributed by atoms with van der Waals surface area (Å²) in [5.41, 5.74) is 2.20. The van der Waals surface area contributed by atoms with Crippen molar-refractivity contribution < 1.29 is 9.90 Å². The maximum Gasteiger partial charge on any atom is 0.335 e. The van der Waals surface area contributed by atoms with Crippen LogP contribution in [0.1, 0.15) is 20.8 Å². The number of halogens is 1. The van der Waals surface area contributed by atoms with E-state index in [1.165, 1.54) is 4.88 Å². The lowest BCUT2D eigenvalue weighted by Gasteiger charge is -2.09. The van der Waals surface area contributed by atoms with Crippen LogP contribution in [0.5, 0.6) is 0 Å². The largest absolute Gasteiger partial charge is 0.478 e. The van der Waals surface area contributed by atoms with Crippen LogP contribution >= 0.6 is 27.3 Å². The van der Waals surface area contributed by atoms with Gasteiger partial charge in [-0.15, -0.1) is 11.3 Å². The van der Waals surface area contributed by atoms with E-state index in [1.807, 2.05) is 25.1 Å². The molecule has 3 nitrogen and oxygen atoms in total. The molecule has 1 aromatic heterocycles. The fourth-order valence-electron chi connectivity index (χ4n) is 1.57. The van der Waals surface area contributed by atoms with Crippen LogP contribution in [0.4, 0.5) is 5.69 Å². The van der Waals surface area contributed by atoms with E-state index in [2.05, 4.69) is 21.2 Å². The highest BCUT2D eigenvalue weighted by atomic mass is 79.9. The van der Waals surface area contributed by atoms with Crippen LogP contribution in [-0.2, 0) is 6.54 Å². The normalized spacial score (nSPS) is 10.3. The van der Waals surface area contributed by atoms with Crippen molar-refractivity contribution in [3.05, 3.63) is 50.1 Å². The first-order valence-corrected chi connectivity index (χ1v) is 6.99. The number of carbonyl (C=O) groups is 1. The van der Waals surface area contributed by atoms with E-state index in [4.69, 9.17) is 5.11 Å². The number of hydrogen-bond donors (Lipinski definition) is 2. The van der Waals surface area contributed by atoms with Crippen molar-refractivity contribution in [3.8, 4) is 0 Å². The average Bonchev–Trinajstić information content (AvgIpc) is 2.74. The lowest BCUT2D eigenvalue weighted by Crippen LogP contribution is -2.02. The second-order valence-electron chi connectivity index (χ2n) is 3.89. The second kappa shape index (κ2) is 5.54. The molecular weight excluding hydrogens is 314 g/mol. The van der Waals surface area contributed by atoms with Gasteiger partial charge in [0.2, 0.25) is 0 Å². The van der Waals surface area contributed by atoms with Crippen LogP contribution in [0.3, 0.4) is 0 Å². The van der Waals surface area contributed by atoms with Crippen LogP contribution in [0, 0.1) is 6.92 Å². The molecule has 2 N–H and O–H groups in total. The highest BCUT2D eigenvalue weighted by Crippen LogP contribution is 2.24. The van der Waals surface area contributed by atoms with Crippen LogP contribution in [0.25, 0.3) is 0 Å². The van der Waals surface area contributed by atoms with Crippen LogP contribution in [-0.4, -0.2) is 11.1 Å². The summed E-state index contributed by atoms with van der Waals surface area (Å²) in [7, 11) is 0. The van der Waals surface area contributed by atoms with Gasteiger partial charge < -0.3 is 10.4 Å². The first-order valence-electron chi connectivity index (χ1n) is 5.38. The number of aryl methyl sites for hydroxylation is 1. The predicted molar refractivity (Wildman–Crippen MR) is 77.5 cm³/mol. The minimum Gasteiger partial charge on any atom is -0.478 e. The van der Waals surface area contributed by atoms with Gasteiger partial charge in [-0.25, -0.2) is 4.79 Å². The Bertz CT molecular complexity index is 580. The van der Waals surface area contributed by atoms with Crippen molar-refractivity contribution in [2.24, 2.45) is 0 Å². The van der Waals surface area contributed by atoms with E-state index < -0.39 is 5.97 Å². The Kier molecular flexibility index (Phi) is 4.04. The molecule has 94 valence electrons. The van der Waals surface area contributed by atoms with Gasteiger partial charge in [-0.1, -0.05) is 6.07 Å². The van der Waals surface area contributed by atoms with E-state index in [0.29, 0.717) is 12.1 Å². The number of hydrogen-bond acceptors (Lipinski definition) is 3. The summed E-state index contributed by atoms with van der Waals surface area (Å²) < 4.78 is 1.09. The fraction of sp³-hybridized carbons (Fsp3) is 0.154. The van der Waals surface area contributed by atoms with E-state index in [9.17, 15) is 4.79 Å². The maximum atomic E-state index is 10.9. The molecule has 0 atom stereocenters. The van der Waals surface area contributed by atoms with Crippen LogP contribution < -0.4 is 5.32 Å². The van der Waals surface area contributed by atoms with Crippen molar-refractivity contribution in [1.82, 2.24) is 0 Å². The molecule has 1 heterocycles. The number of thiophene rings is 1. The molecule has 0 aliphatic rings. The smallest absolute Gasteiger partial charge is 0.335 e. The van der Waals surface area contributed by atoms with Gasteiger partial charge in [-0.05, 0) is 52.7 Å². The summed E-state index contributed by atoms with van der Waals surface area (Å²) in [5, 5.41) is 12.2. The zero-order valence-electron chi connectivity index (χ0n) is 9.74. The lowest BCUT2D eigenvalue weighted by atomic mass is 10.1. The van der Waals surface area contributed by atoms with Gasteiger partial charge >= 0.3 is 5.97 Å². The molecule has 0 bridgehead atoms. The standard InChI is InChI=1S/C13H12BrNO2S/c1-8-2-3-9(13(16)17)6-11(8)15-7-10-4-5-12(14)18-10/h2-6,15H,7H2,1H3,(H,16,17). The summed E-state index contributed by atoms with van der Waals surface area (Å²) in [6.45, 7) is 2.65. The Morgan fingerprint density at radius 3 is 2.78 bits per heavy atom. The quantitative estimate of drug-likeness (QED) is 0.888. The molecule has 2 aromatic rings. The Morgan fingerprint density at radius 1 is 1.39 bits per heavy atom. The number of benzene rings is 1. The number of nitrogens with one attached hydrogen (secondary N) is 1. The lowest BCUT2D eigenvalue weighted by molar-refractivity contribution is 0.0697. The molecule has 0 saturated carbocycles. The molecular formula is C13H12BrNO2S. The second-order valence-corrected chi connectivity index (χ2v) is 6.44. The monoisotopic (exact) mass is 325 g/mol. The van der Waals surface area contributed by atoms with E-state index >= 15 is 0 Å². The first-order chi connectivity index (χ1) is 8.56. The van der Waals surface area contributed by atoms with Gasteiger partial charge in [0.1, 0.15) is 0 Å². The van der Waals surface area contributed by atoms with Crippen molar-refractivity contribution in [2.45, 2.75) is 13.5 Å². The highest BCUT2D eigenvalue weighted by molar-refractivity contribution is 9.11. The summed E-state index contributed by atoms with van der Waals surface area (Å²) >= 11 is 5.08. The molecule has 0 spiro atoms. The van der Waals surface area contributed by atoms with Gasteiger partial charge in [-0.2, -0.15) is 0 Å². The van der Waals surface area contributed by atoms with Gasteiger partial charge in [0.05, 0.1) is 9.35 Å². The number of aromatic carboxylic acids is 1. The fourth-order valence-corrected chi connectivity index (χ4v) is 3.00. The number of anilines is 1. The van der Waals surface area contributed by atoms with Crippen molar-refractivity contribution >= 4 is 38.9 Å². The zero-order chi connectivity index (χ0) is 13.1. The van der Waals surface area contributed by atoms with Crippen LogP contribution in [0.2, 0.25) is 0 Å². The summed E-state index contributed by atoms with van der Waals surface area (Å²) in [4.78, 5) is 12.1. The molecule has 2 rings (SSSR count). The Labute approximate surface area is 118 Å². The predicted octanol–water partition coefficient (Wildman–Crippen LogP) is 4.13. The molecule has 18 heavy (non-hydrogen) atoms. The van der Waals surface area contributed by atoms with Crippen molar-refractivity contribution in [3.63, 3.8) is 0 Å². The number of carboxylic acid groups (broad SMARTS) is 1. The number of carboxylic acids is 1. The van der Waals surface area contributed by atoms with Crippen molar-refractivity contribution in [2.75, 3.05) is 5.32 Å². The third kappa shape index (κ3) is 3.11.